The minimum absolute atomic E-state index is 0.119. The molecule has 0 radical (unpaired) electrons. The quantitative estimate of drug-likeness (QED) is 0.851. The fourth-order valence-electron chi connectivity index (χ4n) is 1.68. The average molecular weight is 299 g/mol. The lowest BCUT2D eigenvalue weighted by atomic mass is 10.1. The van der Waals surface area contributed by atoms with E-state index < -0.39 is 17.0 Å². The van der Waals surface area contributed by atoms with Crippen LogP contribution in [-0.2, 0) is 12.2 Å². The summed E-state index contributed by atoms with van der Waals surface area (Å²) in [5.74, 6) is -0.718. The van der Waals surface area contributed by atoms with Gasteiger partial charge in [-0.3, -0.25) is 4.98 Å². The van der Waals surface area contributed by atoms with Gasteiger partial charge in [0.1, 0.15) is 5.82 Å². The number of nitrogens with two attached hydrogens (primary N) is 1. The van der Waals surface area contributed by atoms with E-state index in [1.54, 1.807) is 12.1 Å². The number of aromatic nitrogens is 1. The summed E-state index contributed by atoms with van der Waals surface area (Å²) in [4.78, 5) is 4.05. The number of hydrogen-bond acceptors (Lipinski definition) is 3. The monoisotopic (exact) mass is 299 g/mol. The molecule has 0 amide bonds. The van der Waals surface area contributed by atoms with Crippen molar-refractivity contribution >= 4 is 20.6 Å². The third-order valence-corrected chi connectivity index (χ3v) is 2.96. The molecule has 7 heteroatoms. The van der Waals surface area contributed by atoms with Crippen molar-refractivity contribution < 1.29 is 13.2 Å². The van der Waals surface area contributed by atoms with Gasteiger partial charge in [0.15, 0.2) is 0 Å². The van der Waals surface area contributed by atoms with Gasteiger partial charge >= 0.3 is 0 Å². The second-order valence-electron chi connectivity index (χ2n) is 4.18. The molecule has 0 aliphatic carbocycles. The number of rotatable bonds is 4. The van der Waals surface area contributed by atoms with Gasteiger partial charge in [0.25, 0.3) is 5.66 Å². The van der Waals surface area contributed by atoms with Gasteiger partial charge in [-0.2, -0.15) is 8.78 Å². The predicted octanol–water partition coefficient (Wildman–Crippen LogP) is 3.35. The first-order chi connectivity index (χ1) is 9.40. The first-order valence-corrected chi connectivity index (χ1v) is 6.36. The number of hydrogen-bond donors (Lipinski definition) is 2. The maximum Gasteiger partial charge on any atom is 0.285 e. The zero-order valence-corrected chi connectivity index (χ0v) is 11.6. The molecule has 0 saturated carbocycles. The largest absolute Gasteiger partial charge is 0.354 e. The number of alkyl halides is 2. The van der Waals surface area contributed by atoms with Crippen molar-refractivity contribution in [2.45, 2.75) is 12.2 Å². The van der Waals surface area contributed by atoms with Gasteiger partial charge in [0.2, 0.25) is 0 Å². The molecule has 0 spiro atoms. The summed E-state index contributed by atoms with van der Waals surface area (Å²) in [5.41, 5.74) is 3.08. The number of anilines is 2. The molecule has 2 rings (SSSR count). The molecule has 106 valence electrons. The molecule has 0 aliphatic heterocycles. The molecule has 3 nitrogen and oxygen atoms in total. The summed E-state index contributed by atoms with van der Waals surface area (Å²) in [5, 5.41) is 2.79. The first-order valence-electron chi connectivity index (χ1n) is 5.79. The summed E-state index contributed by atoms with van der Waals surface area (Å²) in [6, 6.07) is 6.54. The molecular formula is C13H13F3N3P. The minimum atomic E-state index is -3.23. The highest BCUT2D eigenvalue weighted by Gasteiger charge is 2.28. The smallest absolute Gasteiger partial charge is 0.285 e. The van der Waals surface area contributed by atoms with Crippen LogP contribution in [0.5, 0.6) is 0 Å². The molecule has 2 aromatic rings. The molecular weight excluding hydrogens is 286 g/mol. The Bertz CT molecular complexity index is 597. The molecule has 1 atom stereocenters. The van der Waals surface area contributed by atoms with Gasteiger partial charge < -0.3 is 11.1 Å². The van der Waals surface area contributed by atoms with Crippen molar-refractivity contribution in [2.24, 2.45) is 5.73 Å². The summed E-state index contributed by atoms with van der Waals surface area (Å²) < 4.78 is 40.0. The van der Waals surface area contributed by atoms with Crippen LogP contribution in [-0.4, -0.2) is 4.98 Å². The lowest BCUT2D eigenvalue weighted by molar-refractivity contribution is 0.104. The average Bonchev–Trinajstić information content (AvgIpc) is 2.40. The highest BCUT2D eigenvalue weighted by molar-refractivity contribution is 7.17. The Balaban J connectivity index is 2.32. The van der Waals surface area contributed by atoms with Crippen LogP contribution in [0.1, 0.15) is 11.3 Å². The van der Waals surface area contributed by atoms with Crippen LogP contribution in [0, 0.1) is 5.82 Å². The van der Waals surface area contributed by atoms with Crippen molar-refractivity contribution in [2.75, 3.05) is 5.32 Å². The molecule has 0 aliphatic rings. The van der Waals surface area contributed by atoms with Gasteiger partial charge in [-0.1, -0.05) is 9.24 Å². The van der Waals surface area contributed by atoms with Gasteiger partial charge in [0.05, 0.1) is 23.1 Å². The highest BCUT2D eigenvalue weighted by Crippen LogP contribution is 2.40. The highest BCUT2D eigenvalue weighted by atomic mass is 31.0. The lowest BCUT2D eigenvalue weighted by Gasteiger charge is -2.17. The zero-order valence-electron chi connectivity index (χ0n) is 10.4. The molecule has 1 heterocycles. The molecule has 1 unspecified atom stereocenters. The van der Waals surface area contributed by atoms with Gasteiger partial charge in [-0.15, -0.1) is 0 Å². The normalized spacial score (nSPS) is 11.4. The fraction of sp³-hybridized carbons (Fsp3) is 0.154. The maximum absolute atomic E-state index is 13.4. The van der Waals surface area contributed by atoms with E-state index in [4.69, 9.17) is 5.73 Å². The Morgan fingerprint density at radius 1 is 1.25 bits per heavy atom. The van der Waals surface area contributed by atoms with E-state index in [0.29, 0.717) is 17.9 Å². The van der Waals surface area contributed by atoms with Crippen molar-refractivity contribution in [3.05, 3.63) is 53.6 Å². The van der Waals surface area contributed by atoms with Crippen LogP contribution in [0.3, 0.4) is 0 Å². The Kier molecular flexibility index (Phi) is 4.26. The van der Waals surface area contributed by atoms with Crippen LogP contribution in [0.15, 0.2) is 36.5 Å². The molecule has 0 saturated heterocycles. The first kappa shape index (κ1) is 14.8. The number of halogens is 3. The third-order valence-electron chi connectivity index (χ3n) is 2.65. The number of pyridine rings is 1. The molecule has 1 aromatic carbocycles. The Morgan fingerprint density at radius 2 is 2.00 bits per heavy atom. The molecule has 0 bridgehead atoms. The van der Waals surface area contributed by atoms with E-state index in [2.05, 4.69) is 10.3 Å². The zero-order chi connectivity index (χ0) is 14.8. The number of nitrogens with zero attached hydrogens (tertiary/aromatic N) is 1. The molecule has 3 N–H and O–H groups in total. The van der Waals surface area contributed by atoms with E-state index in [9.17, 15) is 13.2 Å². The van der Waals surface area contributed by atoms with E-state index in [1.165, 1.54) is 21.5 Å². The van der Waals surface area contributed by atoms with Crippen molar-refractivity contribution in [3.63, 3.8) is 0 Å². The molecule has 0 fully saturated rings. The SMILES string of the molecule is NCc1ccc(Nc2ccc(F)cc2C(F)(F)P)cn1. The van der Waals surface area contributed by atoms with Crippen LogP contribution in [0.25, 0.3) is 0 Å². The van der Waals surface area contributed by atoms with E-state index in [0.717, 1.165) is 12.1 Å². The predicted molar refractivity (Wildman–Crippen MR) is 75.4 cm³/mol. The topological polar surface area (TPSA) is 50.9 Å². The summed E-state index contributed by atoms with van der Waals surface area (Å²) in [7, 11) is 1.40. The van der Waals surface area contributed by atoms with Crippen LogP contribution in [0.4, 0.5) is 24.5 Å². The summed E-state index contributed by atoms with van der Waals surface area (Å²) in [6.45, 7) is 0.297. The number of nitrogens with one attached hydrogen (secondary N) is 1. The summed E-state index contributed by atoms with van der Waals surface area (Å²) in [6.07, 6.45) is 1.48. The van der Waals surface area contributed by atoms with E-state index in [1.807, 2.05) is 0 Å². The second kappa shape index (κ2) is 5.77. The molecule has 1 aromatic heterocycles. The fourth-order valence-corrected chi connectivity index (χ4v) is 1.91. The number of benzene rings is 1. The van der Waals surface area contributed by atoms with Gasteiger partial charge in [-0.25, -0.2) is 4.39 Å². The van der Waals surface area contributed by atoms with Crippen LogP contribution in [0.2, 0.25) is 0 Å². The van der Waals surface area contributed by atoms with E-state index in [-0.39, 0.29) is 5.69 Å². The second-order valence-corrected chi connectivity index (χ2v) is 4.91. The van der Waals surface area contributed by atoms with Crippen molar-refractivity contribution in [3.8, 4) is 0 Å². The Hall–Kier alpha value is -1.65. The van der Waals surface area contributed by atoms with Gasteiger partial charge in [-0.05, 0) is 30.3 Å². The summed E-state index contributed by atoms with van der Waals surface area (Å²) >= 11 is 0. The van der Waals surface area contributed by atoms with Crippen molar-refractivity contribution in [1.82, 2.24) is 4.98 Å². The Morgan fingerprint density at radius 3 is 2.55 bits per heavy atom. The van der Waals surface area contributed by atoms with E-state index >= 15 is 0 Å². The standard InChI is InChI=1S/C13H13F3N3P/c14-8-1-4-12(11(5-8)13(15,16)20)19-10-3-2-9(6-17)18-7-10/h1-5,7,19H,6,17,20H2. The van der Waals surface area contributed by atoms with Gasteiger partial charge in [0, 0.05) is 12.2 Å². The lowest BCUT2D eigenvalue weighted by Crippen LogP contribution is -2.08. The maximum atomic E-state index is 13.4. The van der Waals surface area contributed by atoms with Crippen LogP contribution >= 0.6 is 9.24 Å². The third kappa shape index (κ3) is 3.46. The van der Waals surface area contributed by atoms with Crippen LogP contribution < -0.4 is 11.1 Å². The van der Waals surface area contributed by atoms with Crippen molar-refractivity contribution in [1.29, 1.82) is 0 Å². The Labute approximate surface area is 116 Å². The molecule has 20 heavy (non-hydrogen) atoms. The minimum Gasteiger partial charge on any atom is -0.354 e.